The number of nitrogen functional groups attached to an aromatic ring is 1. The first-order valence-electron chi connectivity index (χ1n) is 5.12. The van der Waals surface area contributed by atoms with Gasteiger partial charge >= 0.3 is 6.18 Å². The number of nitrogens with zero attached hydrogens (tertiary/aromatic N) is 1. The third kappa shape index (κ3) is 3.83. The van der Waals surface area contributed by atoms with E-state index in [4.69, 9.17) is 16.1 Å². The molecular weight excluding hydrogens is 299 g/mol. The zero-order valence-electron chi connectivity index (χ0n) is 9.85. The van der Waals surface area contributed by atoms with Crippen LogP contribution in [0, 0.1) is 11.3 Å². The highest BCUT2D eigenvalue weighted by atomic mass is 32.2. The maximum absolute atomic E-state index is 12.1. The molecule has 1 aromatic carbocycles. The van der Waals surface area contributed by atoms with Crippen molar-refractivity contribution in [1.29, 1.82) is 5.26 Å². The van der Waals surface area contributed by atoms with Gasteiger partial charge in [0.15, 0.2) is 6.10 Å². The quantitative estimate of drug-likeness (QED) is 0.694. The van der Waals surface area contributed by atoms with Gasteiger partial charge in [-0.15, -0.1) is 0 Å². The van der Waals surface area contributed by atoms with E-state index in [2.05, 4.69) is 0 Å². The molecular formula is C10H10F3N3O3S. The first-order chi connectivity index (χ1) is 9.08. The number of aliphatic hydroxyl groups excluding tert-OH is 1. The van der Waals surface area contributed by atoms with Crippen molar-refractivity contribution in [3.8, 4) is 6.07 Å². The highest BCUT2D eigenvalue weighted by molar-refractivity contribution is 7.89. The lowest BCUT2D eigenvalue weighted by molar-refractivity contribution is -0.200. The number of benzene rings is 1. The van der Waals surface area contributed by atoms with Gasteiger partial charge in [0, 0.05) is 12.2 Å². The zero-order chi connectivity index (χ0) is 15.6. The Balaban J connectivity index is 2.99. The van der Waals surface area contributed by atoms with Gasteiger partial charge in [-0.05, 0) is 18.2 Å². The fraction of sp³-hybridized carbons (Fsp3) is 0.300. The van der Waals surface area contributed by atoms with Crippen molar-refractivity contribution in [2.45, 2.75) is 17.2 Å². The number of sulfonamides is 1. The maximum atomic E-state index is 12.1. The number of alkyl halides is 3. The Labute approximate surface area is 112 Å². The lowest BCUT2D eigenvalue weighted by Crippen LogP contribution is -2.40. The maximum Gasteiger partial charge on any atom is 0.415 e. The third-order valence-corrected chi connectivity index (χ3v) is 3.74. The number of halogens is 3. The molecule has 6 nitrogen and oxygen atoms in total. The van der Waals surface area contributed by atoms with Crippen molar-refractivity contribution >= 4 is 15.7 Å². The summed E-state index contributed by atoms with van der Waals surface area (Å²) < 4.78 is 61.3. The fourth-order valence-electron chi connectivity index (χ4n) is 1.25. The number of nitrogens with two attached hydrogens (primary N) is 1. The van der Waals surface area contributed by atoms with Crippen LogP contribution in [0.15, 0.2) is 23.1 Å². The average Bonchev–Trinajstić information content (AvgIpc) is 2.34. The molecule has 0 bridgehead atoms. The summed E-state index contributed by atoms with van der Waals surface area (Å²) in [6.45, 7) is -1.25. The number of nitriles is 1. The van der Waals surface area contributed by atoms with Crippen molar-refractivity contribution < 1.29 is 26.7 Å². The van der Waals surface area contributed by atoms with Crippen LogP contribution in [0.2, 0.25) is 0 Å². The summed E-state index contributed by atoms with van der Waals surface area (Å²) in [6.07, 6.45) is -7.78. The topological polar surface area (TPSA) is 116 Å². The Morgan fingerprint density at radius 3 is 2.55 bits per heavy atom. The zero-order valence-corrected chi connectivity index (χ0v) is 10.7. The first-order valence-corrected chi connectivity index (χ1v) is 6.60. The molecule has 0 heterocycles. The third-order valence-electron chi connectivity index (χ3n) is 2.26. The van der Waals surface area contributed by atoms with Crippen LogP contribution in [-0.4, -0.2) is 32.3 Å². The Bertz CT molecular complexity index is 637. The molecule has 0 aliphatic heterocycles. The molecule has 1 atom stereocenters. The van der Waals surface area contributed by atoms with E-state index in [1.54, 1.807) is 10.8 Å². The molecule has 0 aliphatic carbocycles. The van der Waals surface area contributed by atoms with Gasteiger partial charge in [-0.1, -0.05) is 0 Å². The molecule has 0 amide bonds. The van der Waals surface area contributed by atoms with E-state index in [1.807, 2.05) is 0 Å². The largest absolute Gasteiger partial charge is 0.415 e. The molecule has 1 unspecified atom stereocenters. The summed E-state index contributed by atoms with van der Waals surface area (Å²) in [5.41, 5.74) is 5.20. The van der Waals surface area contributed by atoms with Crippen LogP contribution >= 0.6 is 0 Å². The minimum absolute atomic E-state index is 0.135. The summed E-state index contributed by atoms with van der Waals surface area (Å²) in [6, 6.07) is 4.84. The van der Waals surface area contributed by atoms with Crippen molar-refractivity contribution in [3.05, 3.63) is 23.8 Å². The van der Waals surface area contributed by atoms with Crippen LogP contribution in [0.25, 0.3) is 0 Å². The minimum atomic E-state index is -4.94. The SMILES string of the molecule is N#Cc1cc(N)ccc1S(=O)(=O)NCC(O)C(F)(F)F. The van der Waals surface area contributed by atoms with Gasteiger partial charge in [-0.3, -0.25) is 0 Å². The van der Waals surface area contributed by atoms with Gasteiger partial charge in [-0.2, -0.15) is 18.4 Å². The van der Waals surface area contributed by atoms with E-state index < -0.39 is 33.7 Å². The fourth-order valence-corrected chi connectivity index (χ4v) is 2.43. The van der Waals surface area contributed by atoms with Gasteiger partial charge in [0.25, 0.3) is 0 Å². The normalized spacial score (nSPS) is 13.8. The number of aliphatic hydroxyl groups is 1. The summed E-state index contributed by atoms with van der Waals surface area (Å²) >= 11 is 0. The van der Waals surface area contributed by atoms with E-state index in [0.717, 1.165) is 12.1 Å². The molecule has 0 saturated carbocycles. The molecule has 10 heteroatoms. The van der Waals surface area contributed by atoms with Crippen LogP contribution in [0.1, 0.15) is 5.56 Å². The molecule has 1 rings (SSSR count). The monoisotopic (exact) mass is 309 g/mol. The van der Waals surface area contributed by atoms with Gasteiger partial charge in [0.2, 0.25) is 10.0 Å². The summed E-state index contributed by atoms with van der Waals surface area (Å²) in [7, 11) is -4.36. The molecule has 0 fully saturated rings. The second-order valence-electron chi connectivity index (χ2n) is 3.78. The van der Waals surface area contributed by atoms with Crippen molar-refractivity contribution in [2.75, 3.05) is 12.3 Å². The molecule has 20 heavy (non-hydrogen) atoms. The van der Waals surface area contributed by atoms with Gasteiger partial charge in [-0.25, -0.2) is 13.1 Å². The van der Waals surface area contributed by atoms with Crippen LogP contribution in [0.5, 0.6) is 0 Å². The standard InChI is InChI=1S/C10H10F3N3O3S/c11-10(12,13)9(17)5-16-20(18,19)8-2-1-7(15)3-6(8)4-14/h1-3,9,16-17H,5,15H2. The molecule has 4 N–H and O–H groups in total. The average molecular weight is 309 g/mol. The predicted octanol–water partition coefficient (Wildman–Crippen LogP) is 0.342. The lowest BCUT2D eigenvalue weighted by atomic mass is 10.2. The van der Waals surface area contributed by atoms with Crippen LogP contribution in [0.3, 0.4) is 0 Å². The Morgan fingerprint density at radius 2 is 2.05 bits per heavy atom. The van der Waals surface area contributed by atoms with E-state index in [1.165, 1.54) is 6.07 Å². The van der Waals surface area contributed by atoms with E-state index in [-0.39, 0.29) is 11.3 Å². The number of rotatable bonds is 4. The molecule has 0 saturated heterocycles. The minimum Gasteiger partial charge on any atom is -0.399 e. The van der Waals surface area contributed by atoms with Crippen molar-refractivity contribution in [1.82, 2.24) is 4.72 Å². The summed E-state index contributed by atoms with van der Waals surface area (Å²) in [5.74, 6) is 0. The van der Waals surface area contributed by atoms with Crippen LogP contribution in [0.4, 0.5) is 18.9 Å². The molecule has 0 spiro atoms. The van der Waals surface area contributed by atoms with E-state index >= 15 is 0 Å². The molecule has 1 aromatic rings. The van der Waals surface area contributed by atoms with Gasteiger partial charge in [0.1, 0.15) is 6.07 Å². The number of hydrogen-bond donors (Lipinski definition) is 3. The highest BCUT2D eigenvalue weighted by Gasteiger charge is 2.38. The molecule has 0 aromatic heterocycles. The highest BCUT2D eigenvalue weighted by Crippen LogP contribution is 2.21. The number of hydrogen-bond acceptors (Lipinski definition) is 5. The predicted molar refractivity (Wildman–Crippen MR) is 62.8 cm³/mol. The van der Waals surface area contributed by atoms with Crippen molar-refractivity contribution in [2.24, 2.45) is 0 Å². The lowest BCUT2D eigenvalue weighted by Gasteiger charge is -2.15. The van der Waals surface area contributed by atoms with E-state index in [9.17, 15) is 21.6 Å². The van der Waals surface area contributed by atoms with E-state index in [0.29, 0.717) is 0 Å². The van der Waals surface area contributed by atoms with Gasteiger partial charge < -0.3 is 10.8 Å². The Kier molecular flexibility index (Phi) is 4.59. The second kappa shape index (κ2) is 5.66. The number of anilines is 1. The first kappa shape index (κ1) is 16.2. The van der Waals surface area contributed by atoms with Crippen molar-refractivity contribution in [3.63, 3.8) is 0 Å². The smallest absolute Gasteiger partial charge is 0.399 e. The Morgan fingerprint density at radius 1 is 1.45 bits per heavy atom. The van der Waals surface area contributed by atoms with Crippen LogP contribution < -0.4 is 10.5 Å². The molecule has 0 radical (unpaired) electrons. The summed E-state index contributed by atoms with van der Waals surface area (Å²) in [5, 5.41) is 17.5. The second-order valence-corrected chi connectivity index (χ2v) is 5.51. The van der Waals surface area contributed by atoms with Crippen LogP contribution in [-0.2, 0) is 10.0 Å². The Hall–Kier alpha value is -1.83. The molecule has 0 aliphatic rings. The summed E-state index contributed by atoms with van der Waals surface area (Å²) in [4.78, 5) is -0.511. The molecule has 110 valence electrons. The number of nitrogens with one attached hydrogen (secondary N) is 1. The van der Waals surface area contributed by atoms with Gasteiger partial charge in [0.05, 0.1) is 10.5 Å².